The molecule has 94 valence electrons. The van der Waals surface area contributed by atoms with Gasteiger partial charge in [0.05, 0.1) is 13.7 Å². The molecule has 5 nitrogen and oxygen atoms in total. The molecule has 1 unspecified atom stereocenters. The lowest BCUT2D eigenvalue weighted by molar-refractivity contribution is 0.392. The van der Waals surface area contributed by atoms with E-state index in [1.54, 1.807) is 13.3 Å². The highest BCUT2D eigenvalue weighted by Gasteiger charge is 2.12. The van der Waals surface area contributed by atoms with Crippen LogP contribution < -0.4 is 15.4 Å². The standard InChI is InChI=1S/C11H16N4O.HI/c1-8-6-13-11(15-8)14-7-9-4-3-5-12-10(9)16-2;/h3-5,8H,6-7H2,1-2H3,(H2,13,14,15);1H. The third-order valence-electron chi connectivity index (χ3n) is 2.40. The van der Waals surface area contributed by atoms with Crippen molar-refractivity contribution in [2.45, 2.75) is 19.5 Å². The van der Waals surface area contributed by atoms with Crippen molar-refractivity contribution in [3.8, 4) is 5.88 Å². The summed E-state index contributed by atoms with van der Waals surface area (Å²) in [5.74, 6) is 1.50. The Morgan fingerprint density at radius 1 is 1.59 bits per heavy atom. The van der Waals surface area contributed by atoms with Crippen LogP contribution in [-0.2, 0) is 6.54 Å². The van der Waals surface area contributed by atoms with Gasteiger partial charge in [0.25, 0.3) is 0 Å². The summed E-state index contributed by atoms with van der Waals surface area (Å²) in [5, 5.41) is 6.46. The Bertz CT molecular complexity index is 397. The van der Waals surface area contributed by atoms with Crippen LogP contribution in [0.15, 0.2) is 23.3 Å². The maximum atomic E-state index is 5.17. The topological polar surface area (TPSA) is 58.5 Å². The van der Waals surface area contributed by atoms with Crippen molar-refractivity contribution in [2.24, 2.45) is 4.99 Å². The Morgan fingerprint density at radius 2 is 2.41 bits per heavy atom. The third-order valence-corrected chi connectivity index (χ3v) is 2.40. The van der Waals surface area contributed by atoms with Crippen LogP contribution in [-0.4, -0.2) is 30.6 Å². The van der Waals surface area contributed by atoms with Crippen LogP contribution >= 0.6 is 24.0 Å². The lowest BCUT2D eigenvalue weighted by Crippen LogP contribution is -2.37. The fourth-order valence-corrected chi connectivity index (χ4v) is 1.58. The van der Waals surface area contributed by atoms with Crippen molar-refractivity contribution in [1.82, 2.24) is 15.6 Å². The van der Waals surface area contributed by atoms with Crippen molar-refractivity contribution >= 4 is 29.9 Å². The smallest absolute Gasteiger partial charge is 0.218 e. The normalized spacial score (nSPS) is 17.8. The quantitative estimate of drug-likeness (QED) is 0.805. The molecule has 1 aliphatic rings. The molecule has 2 N–H and O–H groups in total. The molecule has 0 saturated carbocycles. The SMILES string of the molecule is COc1ncccc1CNC1=NCC(C)N1.I. The summed E-state index contributed by atoms with van der Waals surface area (Å²) in [6, 6.07) is 4.29. The largest absolute Gasteiger partial charge is 0.481 e. The first kappa shape index (κ1) is 14.0. The number of hydrogen-bond acceptors (Lipinski definition) is 5. The Balaban J connectivity index is 0.00000144. The minimum absolute atomic E-state index is 0. The van der Waals surface area contributed by atoms with Crippen molar-refractivity contribution in [1.29, 1.82) is 0 Å². The molecule has 0 spiro atoms. The number of aliphatic imine (C=N–C) groups is 1. The molecule has 0 aliphatic carbocycles. The minimum atomic E-state index is 0. The van der Waals surface area contributed by atoms with Crippen LogP contribution in [0.3, 0.4) is 0 Å². The summed E-state index contributed by atoms with van der Waals surface area (Å²) in [4.78, 5) is 8.46. The molecule has 1 atom stereocenters. The lowest BCUT2D eigenvalue weighted by atomic mass is 10.3. The van der Waals surface area contributed by atoms with Crippen LogP contribution in [0.4, 0.5) is 0 Å². The summed E-state index contributed by atoms with van der Waals surface area (Å²) >= 11 is 0. The second-order valence-electron chi connectivity index (χ2n) is 3.76. The Labute approximate surface area is 118 Å². The number of guanidine groups is 1. The predicted molar refractivity (Wildman–Crippen MR) is 77.9 cm³/mol. The van der Waals surface area contributed by atoms with E-state index in [1.807, 2.05) is 12.1 Å². The maximum Gasteiger partial charge on any atom is 0.218 e. The number of ether oxygens (including phenoxy) is 1. The molecular weight excluding hydrogens is 331 g/mol. The number of halogens is 1. The van der Waals surface area contributed by atoms with E-state index in [-0.39, 0.29) is 24.0 Å². The molecule has 1 aromatic heterocycles. The first-order valence-corrected chi connectivity index (χ1v) is 5.32. The van der Waals surface area contributed by atoms with Gasteiger partial charge in [0, 0.05) is 24.3 Å². The maximum absolute atomic E-state index is 5.17. The van der Waals surface area contributed by atoms with E-state index in [1.165, 1.54) is 0 Å². The Morgan fingerprint density at radius 3 is 3.06 bits per heavy atom. The van der Waals surface area contributed by atoms with Gasteiger partial charge < -0.3 is 15.4 Å². The number of nitrogens with zero attached hydrogens (tertiary/aromatic N) is 2. The molecule has 0 radical (unpaired) electrons. The van der Waals surface area contributed by atoms with Gasteiger partial charge in [-0.15, -0.1) is 24.0 Å². The first-order chi connectivity index (χ1) is 7.79. The zero-order chi connectivity index (χ0) is 11.4. The molecule has 1 aromatic rings. The molecule has 0 fully saturated rings. The van der Waals surface area contributed by atoms with Crippen molar-refractivity contribution in [3.63, 3.8) is 0 Å². The Kier molecular flexibility index (Phi) is 5.46. The molecule has 0 amide bonds. The fraction of sp³-hybridized carbons (Fsp3) is 0.455. The van der Waals surface area contributed by atoms with Gasteiger partial charge in [0.1, 0.15) is 0 Å². The number of rotatable bonds is 3. The van der Waals surface area contributed by atoms with Gasteiger partial charge in [-0.05, 0) is 13.0 Å². The average Bonchev–Trinajstić information content (AvgIpc) is 2.73. The monoisotopic (exact) mass is 348 g/mol. The van der Waals surface area contributed by atoms with Gasteiger partial charge in [-0.3, -0.25) is 4.99 Å². The second-order valence-corrected chi connectivity index (χ2v) is 3.76. The van der Waals surface area contributed by atoms with Crippen molar-refractivity contribution in [3.05, 3.63) is 23.9 Å². The van der Waals surface area contributed by atoms with Gasteiger partial charge in [-0.2, -0.15) is 0 Å². The van der Waals surface area contributed by atoms with Gasteiger partial charge >= 0.3 is 0 Å². The number of hydrogen-bond donors (Lipinski definition) is 2. The molecule has 0 aromatic carbocycles. The third kappa shape index (κ3) is 3.72. The summed E-state index contributed by atoms with van der Waals surface area (Å²) in [7, 11) is 1.62. The fourth-order valence-electron chi connectivity index (χ4n) is 1.58. The van der Waals surface area contributed by atoms with Gasteiger partial charge in [-0.1, -0.05) is 6.07 Å². The van der Waals surface area contributed by atoms with E-state index >= 15 is 0 Å². The molecule has 2 rings (SSSR count). The number of methoxy groups -OCH3 is 1. The van der Waals surface area contributed by atoms with Crippen LogP contribution in [0, 0.1) is 0 Å². The van der Waals surface area contributed by atoms with Crippen molar-refractivity contribution in [2.75, 3.05) is 13.7 Å². The molecule has 17 heavy (non-hydrogen) atoms. The molecule has 0 saturated heterocycles. The number of pyridine rings is 1. The summed E-state index contributed by atoms with van der Waals surface area (Å²) in [5.41, 5.74) is 1.02. The highest BCUT2D eigenvalue weighted by Crippen LogP contribution is 2.12. The zero-order valence-corrected chi connectivity index (χ0v) is 12.3. The van der Waals surface area contributed by atoms with Gasteiger partial charge in [-0.25, -0.2) is 4.98 Å². The van der Waals surface area contributed by atoms with E-state index < -0.39 is 0 Å². The first-order valence-electron chi connectivity index (χ1n) is 5.32. The van der Waals surface area contributed by atoms with Crippen LogP contribution in [0.1, 0.15) is 12.5 Å². The minimum Gasteiger partial charge on any atom is -0.481 e. The summed E-state index contributed by atoms with van der Waals surface area (Å²) in [6.45, 7) is 3.59. The molecule has 1 aliphatic heterocycles. The summed E-state index contributed by atoms with van der Waals surface area (Å²) < 4.78 is 5.17. The average molecular weight is 348 g/mol. The van der Waals surface area contributed by atoms with E-state index in [2.05, 4.69) is 27.5 Å². The highest BCUT2D eigenvalue weighted by atomic mass is 127. The molecular formula is C11H17IN4O. The molecule has 2 heterocycles. The second kappa shape index (κ2) is 6.63. The van der Waals surface area contributed by atoms with Gasteiger partial charge in [0.15, 0.2) is 5.96 Å². The Hall–Kier alpha value is -1.05. The predicted octanol–water partition coefficient (Wildman–Crippen LogP) is 1.15. The zero-order valence-electron chi connectivity index (χ0n) is 9.93. The number of aromatic nitrogens is 1. The van der Waals surface area contributed by atoms with Crippen LogP contribution in [0.2, 0.25) is 0 Å². The van der Waals surface area contributed by atoms with Gasteiger partial charge in [0.2, 0.25) is 5.88 Å². The molecule has 6 heteroatoms. The number of nitrogens with one attached hydrogen (secondary N) is 2. The van der Waals surface area contributed by atoms with E-state index in [0.29, 0.717) is 18.5 Å². The van der Waals surface area contributed by atoms with Crippen molar-refractivity contribution < 1.29 is 4.74 Å². The van der Waals surface area contributed by atoms with Crippen LogP contribution in [0.5, 0.6) is 5.88 Å². The van der Waals surface area contributed by atoms with E-state index in [4.69, 9.17) is 4.74 Å². The van der Waals surface area contributed by atoms with Crippen LogP contribution in [0.25, 0.3) is 0 Å². The molecule has 0 bridgehead atoms. The highest BCUT2D eigenvalue weighted by molar-refractivity contribution is 14.0. The van der Waals surface area contributed by atoms with E-state index in [9.17, 15) is 0 Å². The summed E-state index contributed by atoms with van der Waals surface area (Å²) in [6.07, 6.45) is 1.72. The van der Waals surface area contributed by atoms with E-state index in [0.717, 1.165) is 18.1 Å². The lowest BCUT2D eigenvalue weighted by Gasteiger charge is -2.10.